The van der Waals surface area contributed by atoms with E-state index in [2.05, 4.69) is 27.1 Å². The van der Waals surface area contributed by atoms with Crippen molar-refractivity contribution in [2.75, 3.05) is 50.1 Å². The highest BCUT2D eigenvalue weighted by atomic mass is 35.5. The van der Waals surface area contributed by atoms with Crippen molar-refractivity contribution in [3.05, 3.63) is 77.1 Å². The number of hydrazine groups is 1. The summed E-state index contributed by atoms with van der Waals surface area (Å²) < 4.78 is 5.80. The number of ketones is 1. The molecule has 0 unspecified atom stereocenters. The Morgan fingerprint density at radius 1 is 1.21 bits per heavy atom. The predicted molar refractivity (Wildman–Crippen MR) is 167 cm³/mol. The minimum atomic E-state index is -0.144. The van der Waals surface area contributed by atoms with Gasteiger partial charge in [-0.3, -0.25) is 19.9 Å². The largest absolute Gasteiger partial charge is 0.494 e. The van der Waals surface area contributed by atoms with E-state index in [1.54, 1.807) is 18.2 Å². The van der Waals surface area contributed by atoms with Gasteiger partial charge >= 0.3 is 0 Å². The molecule has 2 heterocycles. The van der Waals surface area contributed by atoms with Crippen LogP contribution in [0.25, 0.3) is 0 Å². The first-order chi connectivity index (χ1) is 20.4. The summed E-state index contributed by atoms with van der Waals surface area (Å²) >= 11 is 6.22. The van der Waals surface area contributed by atoms with Crippen molar-refractivity contribution >= 4 is 34.6 Å². The highest BCUT2D eigenvalue weighted by Gasteiger charge is 2.32. The number of allylic oxidation sites excluding steroid dienone is 1. The Bertz CT molecular complexity index is 1340. The molecule has 10 nitrogen and oxygen atoms in total. The molecular formula is C31H40ClN7O3. The maximum absolute atomic E-state index is 12.2. The predicted octanol–water partition coefficient (Wildman–Crippen LogP) is 4.39. The van der Waals surface area contributed by atoms with Gasteiger partial charge < -0.3 is 20.4 Å². The number of benzene rings is 2. The summed E-state index contributed by atoms with van der Waals surface area (Å²) in [6.07, 6.45) is 7.21. The molecule has 2 aliphatic heterocycles. The van der Waals surface area contributed by atoms with Crippen molar-refractivity contribution in [1.82, 2.24) is 15.4 Å². The van der Waals surface area contributed by atoms with Crippen LogP contribution in [0.2, 0.25) is 5.02 Å². The Balaban J connectivity index is 1.37. The SMILES string of the molecule is C=CC(=O)CCc1cc(N/C(=C/C(=N)N2OCC[C@@H]2c2cccc(Cl)c2)NN)c(OC)cc1N1CCN(C2CC2)CC1. The van der Waals surface area contributed by atoms with Crippen LogP contribution in [0.15, 0.2) is 61.0 Å². The molecule has 3 aliphatic rings. The number of nitrogens with two attached hydrogens (primary N) is 1. The zero-order valence-corrected chi connectivity index (χ0v) is 24.8. The van der Waals surface area contributed by atoms with Crippen molar-refractivity contribution in [2.24, 2.45) is 5.84 Å². The monoisotopic (exact) mass is 593 g/mol. The van der Waals surface area contributed by atoms with Crippen molar-refractivity contribution in [3.8, 4) is 5.75 Å². The number of nitrogens with zero attached hydrogens (tertiary/aromatic N) is 3. The van der Waals surface area contributed by atoms with E-state index in [9.17, 15) is 4.79 Å². The lowest BCUT2D eigenvalue weighted by molar-refractivity contribution is -0.114. The first kappa shape index (κ1) is 29.9. The molecule has 1 saturated carbocycles. The van der Waals surface area contributed by atoms with Crippen LogP contribution < -0.4 is 26.2 Å². The van der Waals surface area contributed by atoms with Crippen LogP contribution in [-0.2, 0) is 16.1 Å². The van der Waals surface area contributed by atoms with Crippen molar-refractivity contribution in [2.45, 2.75) is 44.2 Å². The third kappa shape index (κ3) is 7.07. The molecule has 0 bridgehead atoms. The van der Waals surface area contributed by atoms with Gasteiger partial charge in [0.2, 0.25) is 0 Å². The molecule has 2 aromatic rings. The minimum absolute atomic E-state index is 0.00218. The van der Waals surface area contributed by atoms with Crippen LogP contribution in [0.3, 0.4) is 0 Å². The van der Waals surface area contributed by atoms with E-state index in [0.29, 0.717) is 41.7 Å². The van der Waals surface area contributed by atoms with Crippen LogP contribution in [0.1, 0.15) is 42.9 Å². The molecule has 0 radical (unpaired) electrons. The highest BCUT2D eigenvalue weighted by Crippen LogP contribution is 2.37. The molecule has 11 heteroatoms. The van der Waals surface area contributed by atoms with Gasteiger partial charge in [-0.25, -0.2) is 10.9 Å². The average Bonchev–Trinajstić information content (AvgIpc) is 3.74. The Hall–Kier alpha value is -3.57. The van der Waals surface area contributed by atoms with Gasteiger partial charge in [0.1, 0.15) is 17.4 Å². The number of methoxy groups -OCH3 is 1. The number of hydroxylamine groups is 2. The van der Waals surface area contributed by atoms with E-state index >= 15 is 0 Å². The van der Waals surface area contributed by atoms with Gasteiger partial charge in [-0.05, 0) is 54.7 Å². The second kappa shape index (κ2) is 13.6. The summed E-state index contributed by atoms with van der Waals surface area (Å²) in [4.78, 5) is 22.9. The number of carbonyl (C=O) groups excluding carboxylic acids is 1. The number of nitrogens with one attached hydrogen (secondary N) is 3. The number of carbonyl (C=O) groups is 1. The summed E-state index contributed by atoms with van der Waals surface area (Å²) in [5.41, 5.74) is 6.41. The fraction of sp³-hybridized carbons (Fsp3) is 0.419. The minimum Gasteiger partial charge on any atom is -0.494 e. The van der Waals surface area contributed by atoms with Crippen molar-refractivity contribution in [1.29, 1.82) is 5.41 Å². The lowest BCUT2D eigenvalue weighted by Gasteiger charge is -2.37. The number of aryl methyl sites for hydroxylation is 1. The summed E-state index contributed by atoms with van der Waals surface area (Å²) in [6.45, 7) is 8.02. The second-order valence-electron chi connectivity index (χ2n) is 10.8. The molecule has 2 saturated heterocycles. The summed E-state index contributed by atoms with van der Waals surface area (Å²) in [6, 6.07) is 12.2. The van der Waals surface area contributed by atoms with Crippen LogP contribution in [0.4, 0.5) is 11.4 Å². The molecule has 0 amide bonds. The molecule has 1 aliphatic carbocycles. The molecule has 224 valence electrons. The number of piperazine rings is 1. The fourth-order valence-electron chi connectivity index (χ4n) is 5.69. The standard InChI is InChI=1S/C31H40ClN7O3/c1-3-25(40)10-7-22-18-26(29(41-2)19-28(22)38-14-12-37(13-15-38)24-8-9-24)35-31(36-34)20-30(33)39-27(11-16-42-39)21-5-4-6-23(32)17-21/h3-6,17-20,24,27,33,35-36H,1,7-16,34H2,2H3/b31-20-,33-30?/t27-/m1/s1. The Morgan fingerprint density at radius 2 is 2.00 bits per heavy atom. The first-order valence-electron chi connectivity index (χ1n) is 14.5. The lowest BCUT2D eigenvalue weighted by Crippen LogP contribution is -2.47. The van der Waals surface area contributed by atoms with Gasteiger partial charge in [0.25, 0.3) is 0 Å². The van der Waals surface area contributed by atoms with Crippen LogP contribution in [0, 0.1) is 5.41 Å². The van der Waals surface area contributed by atoms with E-state index in [-0.39, 0.29) is 17.7 Å². The quantitative estimate of drug-likeness (QED) is 0.0933. The fourth-order valence-corrected chi connectivity index (χ4v) is 5.88. The second-order valence-corrected chi connectivity index (χ2v) is 11.3. The number of ether oxygens (including phenoxy) is 1. The first-order valence-corrected chi connectivity index (χ1v) is 14.8. The maximum Gasteiger partial charge on any atom is 0.155 e. The molecular weight excluding hydrogens is 554 g/mol. The van der Waals surface area contributed by atoms with E-state index in [1.807, 2.05) is 36.4 Å². The van der Waals surface area contributed by atoms with Gasteiger partial charge in [-0.2, -0.15) is 0 Å². The van der Waals surface area contributed by atoms with Gasteiger partial charge in [-0.15, -0.1) is 0 Å². The average molecular weight is 594 g/mol. The number of halogens is 1. The Morgan fingerprint density at radius 3 is 2.67 bits per heavy atom. The normalized spacial score (nSPS) is 19.5. The highest BCUT2D eigenvalue weighted by molar-refractivity contribution is 6.30. The van der Waals surface area contributed by atoms with Crippen LogP contribution in [0.5, 0.6) is 5.75 Å². The molecule has 42 heavy (non-hydrogen) atoms. The van der Waals surface area contributed by atoms with E-state index < -0.39 is 0 Å². The molecule has 3 fully saturated rings. The number of hydrogen-bond acceptors (Lipinski definition) is 9. The molecule has 0 aromatic heterocycles. The number of amidine groups is 1. The van der Waals surface area contributed by atoms with Crippen molar-refractivity contribution in [3.63, 3.8) is 0 Å². The number of rotatable bonds is 12. The Kier molecular flexibility index (Phi) is 9.69. The van der Waals surface area contributed by atoms with E-state index in [0.717, 1.165) is 55.5 Å². The van der Waals surface area contributed by atoms with Crippen LogP contribution >= 0.6 is 11.6 Å². The lowest BCUT2D eigenvalue weighted by atomic mass is 10.0. The molecule has 5 rings (SSSR count). The van der Waals surface area contributed by atoms with Gasteiger partial charge in [0.15, 0.2) is 5.78 Å². The summed E-state index contributed by atoms with van der Waals surface area (Å²) in [5.74, 6) is 7.05. The van der Waals surface area contributed by atoms with E-state index in [4.69, 9.17) is 32.4 Å². The number of anilines is 2. The zero-order valence-electron chi connectivity index (χ0n) is 24.1. The molecule has 1 atom stereocenters. The third-order valence-corrected chi connectivity index (χ3v) is 8.30. The molecule has 5 N–H and O–H groups in total. The van der Waals surface area contributed by atoms with Gasteiger partial charge in [0.05, 0.1) is 25.4 Å². The van der Waals surface area contributed by atoms with Crippen molar-refractivity contribution < 1.29 is 14.4 Å². The topological polar surface area (TPSA) is 119 Å². The summed E-state index contributed by atoms with van der Waals surface area (Å²) in [7, 11) is 1.63. The maximum atomic E-state index is 12.2. The Labute approximate surface area is 252 Å². The van der Waals surface area contributed by atoms with E-state index in [1.165, 1.54) is 18.9 Å². The van der Waals surface area contributed by atoms with Gasteiger partial charge in [-0.1, -0.05) is 30.3 Å². The number of hydrogen-bond donors (Lipinski definition) is 4. The zero-order chi connectivity index (χ0) is 29.6. The third-order valence-electron chi connectivity index (χ3n) is 8.07. The summed E-state index contributed by atoms with van der Waals surface area (Å²) in [5, 5.41) is 14.3. The molecule has 2 aromatic carbocycles. The van der Waals surface area contributed by atoms with Crippen LogP contribution in [-0.4, -0.2) is 67.5 Å². The smallest absolute Gasteiger partial charge is 0.155 e. The molecule has 0 spiro atoms. The van der Waals surface area contributed by atoms with Gasteiger partial charge in [0, 0.05) is 67.9 Å².